The molecule has 0 radical (unpaired) electrons. The second kappa shape index (κ2) is 16.7. The van der Waals surface area contributed by atoms with Crippen molar-refractivity contribution in [3.8, 4) is 39.3 Å². The SMILES string of the molecule is COc1cc2nc(CCn3c(=O)n4n(c3=O)[C@@H]3C[C@H]5C(=O)N(c6cc(-c7sc8ccc(Cl)cc8c7C)nn6C)C(=O)[C@@]5(C)[C@@H](C=Cc5cc(OC)c(O)c(OC)c5)C3=CC4)c(=O)n(C)c2cc1OC. The lowest BCUT2D eigenvalue weighted by Gasteiger charge is -2.45. The molecule has 2 aliphatic heterocycles. The molecule has 7 aromatic rings. The highest BCUT2D eigenvalue weighted by Gasteiger charge is 2.65. The molecule has 1 aliphatic carbocycles. The Morgan fingerprint density at radius 2 is 1.61 bits per heavy atom. The molecular weight excluding hydrogens is 928 g/mol. The molecule has 0 bridgehead atoms. The minimum atomic E-state index is -1.38. The summed E-state index contributed by atoms with van der Waals surface area (Å²) in [5.41, 5.74) is 0.875. The Hall–Kier alpha value is -7.38. The van der Waals surface area contributed by atoms with Crippen LogP contribution in [0.2, 0.25) is 5.02 Å². The highest BCUT2D eigenvalue weighted by molar-refractivity contribution is 7.22. The van der Waals surface area contributed by atoms with Gasteiger partial charge in [0.1, 0.15) is 17.2 Å². The van der Waals surface area contributed by atoms with E-state index in [1.54, 1.807) is 57.4 Å². The predicted octanol–water partition coefficient (Wildman–Crippen LogP) is 6.03. The molecule has 4 atom stereocenters. The van der Waals surface area contributed by atoms with Gasteiger partial charge < -0.3 is 28.6 Å². The number of methoxy groups -OCH3 is 4. The number of carbonyl (C=O) groups is 2. The third-order valence-corrected chi connectivity index (χ3v) is 15.6. The van der Waals surface area contributed by atoms with Crippen molar-refractivity contribution in [1.29, 1.82) is 0 Å². The second-order valence-electron chi connectivity index (χ2n) is 17.6. The third-order valence-electron chi connectivity index (χ3n) is 14.1. The molecule has 6 heterocycles. The Bertz CT molecular complexity index is 3570. The number of rotatable bonds is 11. The number of fused-ring (bicyclic) bond motifs is 6. The number of aryl methyl sites for hydroxylation is 4. The molecule has 3 aromatic carbocycles. The van der Waals surface area contributed by atoms with Crippen LogP contribution in [0.3, 0.4) is 0 Å². The Balaban J connectivity index is 1.05. The van der Waals surface area contributed by atoms with Crippen molar-refractivity contribution in [3.05, 3.63) is 119 Å². The van der Waals surface area contributed by atoms with Gasteiger partial charge in [-0.05, 0) is 72.7 Å². The maximum atomic E-state index is 15.3. The molecule has 1 N–H and O–H groups in total. The number of carbonyl (C=O) groups excluding carboxylic acids is 2. The first-order valence-electron chi connectivity index (χ1n) is 22.0. The van der Waals surface area contributed by atoms with Crippen molar-refractivity contribution in [2.75, 3.05) is 33.3 Å². The van der Waals surface area contributed by atoms with E-state index in [9.17, 15) is 19.5 Å². The first-order valence-corrected chi connectivity index (χ1v) is 23.2. The Morgan fingerprint density at radius 1 is 0.913 bits per heavy atom. The van der Waals surface area contributed by atoms with Gasteiger partial charge in [-0.2, -0.15) is 5.10 Å². The van der Waals surface area contributed by atoms with Crippen LogP contribution in [0.5, 0.6) is 28.7 Å². The summed E-state index contributed by atoms with van der Waals surface area (Å²) < 4.78 is 29.5. The summed E-state index contributed by atoms with van der Waals surface area (Å²) in [6.07, 6.45) is 5.42. The van der Waals surface area contributed by atoms with Gasteiger partial charge in [0.15, 0.2) is 23.0 Å². The number of aromatic nitrogens is 7. The first-order chi connectivity index (χ1) is 33.0. The number of anilines is 1. The minimum absolute atomic E-state index is 0.00681. The fraction of sp³-hybridized carbons (Fsp3) is 0.327. The van der Waals surface area contributed by atoms with Crippen LogP contribution in [0.4, 0.5) is 5.82 Å². The lowest BCUT2D eigenvalue weighted by Crippen LogP contribution is -2.49. The number of thiophene rings is 1. The Kier molecular flexibility index (Phi) is 11.0. The van der Waals surface area contributed by atoms with Gasteiger partial charge in [-0.15, -0.1) is 11.3 Å². The van der Waals surface area contributed by atoms with Crippen LogP contribution in [0, 0.1) is 24.2 Å². The molecule has 0 unspecified atom stereocenters. The van der Waals surface area contributed by atoms with E-state index in [2.05, 4.69) is 4.98 Å². The molecule has 3 aliphatic rings. The number of halogens is 1. The number of phenolic OH excluding ortho intramolecular Hbond substituents is 1. The maximum absolute atomic E-state index is 15.3. The number of aromatic hydroxyl groups is 1. The molecule has 2 fully saturated rings. The number of phenols is 1. The molecule has 20 heteroatoms. The topological polar surface area (TPSA) is 196 Å². The zero-order chi connectivity index (χ0) is 49.0. The summed E-state index contributed by atoms with van der Waals surface area (Å²) in [7, 11) is 9.12. The standard InChI is InChI=1S/C49H47ClN8O10S/c1-24-28-19-26(50)10-12-40(28)69-43(24)33-22-41(54(4)52-33)57-44(60)30-20-34-27(29(49(30,2)46(57)62)11-9-25-17-38(67-7)42(59)39(18-25)68-8)13-16-56-47(63)55(48(64)58(34)56)15-14-31-45(61)53(3)35-23-37(66-6)36(65-5)21-32(35)51-31/h9-13,17-19,21-23,29-30,34,59H,14-16,20H2,1-8H3/t29-,30-,34+,49-/m0/s1. The molecule has 4 aromatic heterocycles. The predicted molar refractivity (Wildman–Crippen MR) is 260 cm³/mol. The maximum Gasteiger partial charge on any atom is 0.347 e. The van der Waals surface area contributed by atoms with Crippen LogP contribution in [0.25, 0.3) is 37.8 Å². The van der Waals surface area contributed by atoms with E-state index in [-0.39, 0.29) is 54.7 Å². The van der Waals surface area contributed by atoms with Crippen LogP contribution < -0.4 is 40.8 Å². The van der Waals surface area contributed by atoms with Crippen molar-refractivity contribution in [3.63, 3.8) is 0 Å². The third kappa shape index (κ3) is 6.83. The number of nitrogens with zero attached hydrogens (tertiary/aromatic N) is 8. The van der Waals surface area contributed by atoms with Crippen molar-refractivity contribution in [2.45, 2.75) is 45.8 Å². The fourth-order valence-electron chi connectivity index (χ4n) is 10.5. The minimum Gasteiger partial charge on any atom is -0.502 e. The zero-order valence-corrected chi connectivity index (χ0v) is 40.5. The Morgan fingerprint density at radius 3 is 2.30 bits per heavy atom. The van der Waals surface area contributed by atoms with Crippen LogP contribution >= 0.6 is 22.9 Å². The largest absolute Gasteiger partial charge is 0.502 e. The highest BCUT2D eigenvalue weighted by atomic mass is 35.5. The van der Waals surface area contributed by atoms with Gasteiger partial charge in [0, 0.05) is 60.9 Å². The number of allylic oxidation sites excluding steroid dienone is 3. The molecule has 0 spiro atoms. The molecule has 1 saturated heterocycles. The number of imide groups is 1. The first kappa shape index (κ1) is 45.4. The molecule has 18 nitrogen and oxygen atoms in total. The van der Waals surface area contributed by atoms with Crippen LogP contribution in [-0.2, 0) is 43.2 Å². The quantitative estimate of drug-likeness (QED) is 0.117. The molecular formula is C49H47ClN8O10S. The van der Waals surface area contributed by atoms with Gasteiger partial charge >= 0.3 is 11.4 Å². The number of amides is 2. The smallest absolute Gasteiger partial charge is 0.347 e. The van der Waals surface area contributed by atoms with Crippen molar-refractivity contribution >= 4 is 67.8 Å². The normalized spacial score (nSPS) is 19.9. The summed E-state index contributed by atoms with van der Waals surface area (Å²) >= 11 is 7.89. The van der Waals surface area contributed by atoms with Crippen molar-refractivity contribution in [2.24, 2.45) is 31.3 Å². The lowest BCUT2D eigenvalue weighted by atomic mass is 9.58. The number of hydrogen-bond donors (Lipinski definition) is 1. The van der Waals surface area contributed by atoms with E-state index in [0.29, 0.717) is 44.4 Å². The molecule has 356 valence electrons. The number of hydrogen-bond acceptors (Lipinski definition) is 13. The van der Waals surface area contributed by atoms with E-state index < -0.39 is 52.0 Å². The van der Waals surface area contributed by atoms with Gasteiger partial charge in [-0.25, -0.2) is 33.4 Å². The van der Waals surface area contributed by atoms with Crippen LogP contribution in [0.15, 0.2) is 80.6 Å². The van der Waals surface area contributed by atoms with Gasteiger partial charge in [0.2, 0.25) is 17.6 Å². The number of benzene rings is 3. The molecule has 2 amide bonds. The van der Waals surface area contributed by atoms with Gasteiger partial charge in [0.05, 0.1) is 68.3 Å². The second-order valence-corrected chi connectivity index (χ2v) is 19.1. The monoisotopic (exact) mass is 974 g/mol. The van der Waals surface area contributed by atoms with E-state index in [1.807, 2.05) is 37.3 Å². The van der Waals surface area contributed by atoms with Crippen molar-refractivity contribution < 1.29 is 33.6 Å². The fourth-order valence-corrected chi connectivity index (χ4v) is 11.8. The van der Waals surface area contributed by atoms with E-state index in [0.717, 1.165) is 25.1 Å². The summed E-state index contributed by atoms with van der Waals surface area (Å²) in [4.78, 5) is 79.6. The zero-order valence-electron chi connectivity index (χ0n) is 38.9. The molecule has 69 heavy (non-hydrogen) atoms. The summed E-state index contributed by atoms with van der Waals surface area (Å²) in [5, 5.41) is 17.1. The van der Waals surface area contributed by atoms with Crippen molar-refractivity contribution in [1.82, 2.24) is 33.3 Å². The molecule has 1 saturated carbocycles. The summed E-state index contributed by atoms with van der Waals surface area (Å²) in [5.74, 6) is -1.40. The van der Waals surface area contributed by atoms with E-state index in [4.69, 9.17) is 35.6 Å². The lowest BCUT2D eigenvalue weighted by molar-refractivity contribution is -0.129. The summed E-state index contributed by atoms with van der Waals surface area (Å²) in [6.45, 7) is 3.59. The van der Waals surface area contributed by atoms with Crippen LogP contribution in [-0.4, -0.2) is 78.6 Å². The average molecular weight is 975 g/mol. The summed E-state index contributed by atoms with van der Waals surface area (Å²) in [6, 6.07) is 13.2. The molecule has 10 rings (SSSR count). The highest BCUT2D eigenvalue weighted by Crippen LogP contribution is 2.58. The Labute approximate surface area is 402 Å². The van der Waals surface area contributed by atoms with Gasteiger partial charge in [0.25, 0.3) is 5.56 Å². The number of ether oxygens (including phenoxy) is 4. The van der Waals surface area contributed by atoms with Crippen LogP contribution in [0.1, 0.15) is 36.2 Å². The average Bonchev–Trinajstić information content (AvgIpc) is 4.01. The van der Waals surface area contributed by atoms with Gasteiger partial charge in [-0.3, -0.25) is 19.1 Å². The van der Waals surface area contributed by atoms with E-state index >= 15 is 9.59 Å². The van der Waals surface area contributed by atoms with Gasteiger partial charge in [-0.1, -0.05) is 29.8 Å². The van der Waals surface area contributed by atoms with E-state index in [1.165, 1.54) is 63.3 Å².